The first-order valence-electron chi connectivity index (χ1n) is 6.37. The fourth-order valence-corrected chi connectivity index (χ4v) is 1.89. The lowest BCUT2D eigenvalue weighted by Gasteiger charge is -2.29. The van der Waals surface area contributed by atoms with Crippen molar-refractivity contribution in [3.63, 3.8) is 0 Å². The molecule has 3 heteroatoms. The van der Waals surface area contributed by atoms with Gasteiger partial charge in [-0.15, -0.1) is 0 Å². The van der Waals surface area contributed by atoms with Crippen LogP contribution >= 0.6 is 0 Å². The van der Waals surface area contributed by atoms with Crippen LogP contribution in [0.25, 0.3) is 0 Å². The topological polar surface area (TPSA) is 41.5 Å². The Labute approximate surface area is 101 Å². The minimum absolute atomic E-state index is 0.420. The van der Waals surface area contributed by atoms with E-state index in [9.17, 15) is 5.11 Å². The van der Waals surface area contributed by atoms with Crippen molar-refractivity contribution in [1.82, 2.24) is 5.32 Å². The van der Waals surface area contributed by atoms with Gasteiger partial charge in [0, 0.05) is 26.3 Å². The second kappa shape index (κ2) is 8.04. The zero-order valence-corrected chi connectivity index (χ0v) is 11.5. The fraction of sp³-hybridized carbons (Fsp3) is 1.00. The standard InChI is InChI=1S/C13H29NO2/c1-6-8-13(4,15)10-14-12(11(2)3)7-9-16-5/h11-12,14-15H,6-10H2,1-5H3. The molecular formula is C13H29NO2. The van der Waals surface area contributed by atoms with Gasteiger partial charge in [0.05, 0.1) is 5.60 Å². The number of methoxy groups -OCH3 is 1. The first-order valence-corrected chi connectivity index (χ1v) is 6.37. The molecule has 0 fully saturated rings. The molecule has 2 atom stereocenters. The molecule has 0 radical (unpaired) electrons. The van der Waals surface area contributed by atoms with Crippen LogP contribution in [-0.4, -0.2) is 37.0 Å². The van der Waals surface area contributed by atoms with Crippen molar-refractivity contribution in [3.05, 3.63) is 0 Å². The molecule has 0 rings (SSSR count). The van der Waals surface area contributed by atoms with Crippen molar-refractivity contribution in [1.29, 1.82) is 0 Å². The monoisotopic (exact) mass is 231 g/mol. The smallest absolute Gasteiger partial charge is 0.0743 e. The molecule has 0 spiro atoms. The Balaban J connectivity index is 4.00. The summed E-state index contributed by atoms with van der Waals surface area (Å²) in [6, 6.07) is 0.420. The van der Waals surface area contributed by atoms with Crippen molar-refractivity contribution in [2.45, 2.75) is 58.6 Å². The summed E-state index contributed by atoms with van der Waals surface area (Å²) in [5, 5.41) is 13.5. The maximum absolute atomic E-state index is 10.1. The third-order valence-corrected chi connectivity index (χ3v) is 2.97. The molecule has 0 aliphatic carbocycles. The van der Waals surface area contributed by atoms with Gasteiger partial charge >= 0.3 is 0 Å². The van der Waals surface area contributed by atoms with Gasteiger partial charge in [-0.2, -0.15) is 0 Å². The third-order valence-electron chi connectivity index (χ3n) is 2.97. The third kappa shape index (κ3) is 7.20. The van der Waals surface area contributed by atoms with E-state index in [0.29, 0.717) is 18.5 Å². The predicted molar refractivity (Wildman–Crippen MR) is 68.7 cm³/mol. The molecular weight excluding hydrogens is 202 g/mol. The molecule has 0 aliphatic rings. The van der Waals surface area contributed by atoms with E-state index >= 15 is 0 Å². The Morgan fingerprint density at radius 2 is 2.00 bits per heavy atom. The summed E-state index contributed by atoms with van der Waals surface area (Å²) in [7, 11) is 1.73. The van der Waals surface area contributed by atoms with E-state index in [1.807, 2.05) is 6.92 Å². The van der Waals surface area contributed by atoms with E-state index in [2.05, 4.69) is 26.1 Å². The van der Waals surface area contributed by atoms with Gasteiger partial charge in [-0.3, -0.25) is 0 Å². The zero-order chi connectivity index (χ0) is 12.6. The van der Waals surface area contributed by atoms with Gasteiger partial charge < -0.3 is 15.2 Å². The van der Waals surface area contributed by atoms with Gasteiger partial charge in [0.25, 0.3) is 0 Å². The van der Waals surface area contributed by atoms with Crippen LogP contribution in [0.3, 0.4) is 0 Å². The molecule has 0 heterocycles. The summed E-state index contributed by atoms with van der Waals surface area (Å²) in [6.45, 7) is 9.82. The maximum atomic E-state index is 10.1. The van der Waals surface area contributed by atoms with Crippen LogP contribution in [0.4, 0.5) is 0 Å². The van der Waals surface area contributed by atoms with Crippen LogP contribution in [-0.2, 0) is 4.74 Å². The SMILES string of the molecule is CCCC(C)(O)CNC(CCOC)C(C)C. The van der Waals surface area contributed by atoms with Crippen molar-refractivity contribution in [3.8, 4) is 0 Å². The first kappa shape index (κ1) is 15.9. The van der Waals surface area contributed by atoms with Gasteiger partial charge in [0.15, 0.2) is 0 Å². The number of aliphatic hydroxyl groups is 1. The van der Waals surface area contributed by atoms with Gasteiger partial charge in [0.2, 0.25) is 0 Å². The molecule has 98 valence electrons. The highest BCUT2D eigenvalue weighted by atomic mass is 16.5. The Kier molecular flexibility index (Phi) is 7.98. The summed E-state index contributed by atoms with van der Waals surface area (Å²) in [4.78, 5) is 0. The van der Waals surface area contributed by atoms with E-state index in [0.717, 1.165) is 25.9 Å². The maximum Gasteiger partial charge on any atom is 0.0743 e. The van der Waals surface area contributed by atoms with Crippen molar-refractivity contribution < 1.29 is 9.84 Å². The summed E-state index contributed by atoms with van der Waals surface area (Å²) in [5.41, 5.74) is -0.588. The highest BCUT2D eigenvalue weighted by Gasteiger charge is 2.21. The number of rotatable bonds is 9. The highest BCUT2D eigenvalue weighted by molar-refractivity contribution is 4.79. The second-order valence-corrected chi connectivity index (χ2v) is 5.26. The van der Waals surface area contributed by atoms with Gasteiger partial charge in [0.1, 0.15) is 0 Å². The molecule has 0 aromatic carbocycles. The Bertz CT molecular complexity index is 169. The van der Waals surface area contributed by atoms with Crippen molar-refractivity contribution in [2.75, 3.05) is 20.3 Å². The largest absolute Gasteiger partial charge is 0.389 e. The van der Waals surface area contributed by atoms with Crippen molar-refractivity contribution >= 4 is 0 Å². The van der Waals surface area contributed by atoms with Crippen LogP contribution in [0.1, 0.15) is 47.0 Å². The number of hydrogen-bond acceptors (Lipinski definition) is 3. The summed E-state index contributed by atoms with van der Waals surface area (Å²) in [6.07, 6.45) is 2.85. The lowest BCUT2D eigenvalue weighted by Crippen LogP contribution is -2.44. The first-order chi connectivity index (χ1) is 7.43. The predicted octanol–water partition coefficient (Wildman–Crippen LogP) is 2.19. The Morgan fingerprint density at radius 1 is 1.38 bits per heavy atom. The highest BCUT2D eigenvalue weighted by Crippen LogP contribution is 2.13. The van der Waals surface area contributed by atoms with E-state index in [1.165, 1.54) is 0 Å². The van der Waals surface area contributed by atoms with Crippen LogP contribution in [0, 0.1) is 5.92 Å². The van der Waals surface area contributed by atoms with Crippen molar-refractivity contribution in [2.24, 2.45) is 5.92 Å². The average molecular weight is 231 g/mol. The van der Waals surface area contributed by atoms with E-state index < -0.39 is 5.60 Å². The lowest BCUT2D eigenvalue weighted by molar-refractivity contribution is 0.0435. The lowest BCUT2D eigenvalue weighted by atomic mass is 9.97. The Hall–Kier alpha value is -0.120. The van der Waals surface area contributed by atoms with Crippen LogP contribution in [0.5, 0.6) is 0 Å². The zero-order valence-electron chi connectivity index (χ0n) is 11.5. The minimum atomic E-state index is -0.588. The molecule has 0 aromatic heterocycles. The quantitative estimate of drug-likeness (QED) is 0.639. The Morgan fingerprint density at radius 3 is 2.44 bits per heavy atom. The number of hydrogen-bond donors (Lipinski definition) is 2. The average Bonchev–Trinajstić information content (AvgIpc) is 2.17. The summed E-state index contributed by atoms with van der Waals surface area (Å²) >= 11 is 0. The second-order valence-electron chi connectivity index (χ2n) is 5.26. The van der Waals surface area contributed by atoms with Gasteiger partial charge in [-0.25, -0.2) is 0 Å². The molecule has 16 heavy (non-hydrogen) atoms. The summed E-state index contributed by atoms with van der Waals surface area (Å²) < 4.78 is 5.10. The molecule has 2 N–H and O–H groups in total. The van der Waals surface area contributed by atoms with Crippen LogP contribution in [0.15, 0.2) is 0 Å². The van der Waals surface area contributed by atoms with Gasteiger partial charge in [-0.05, 0) is 25.7 Å². The normalized spacial score (nSPS) is 17.4. The molecule has 0 aromatic rings. The van der Waals surface area contributed by atoms with E-state index in [1.54, 1.807) is 7.11 Å². The van der Waals surface area contributed by atoms with Gasteiger partial charge in [-0.1, -0.05) is 27.2 Å². The molecule has 0 saturated carbocycles. The minimum Gasteiger partial charge on any atom is -0.389 e. The molecule has 0 amide bonds. The van der Waals surface area contributed by atoms with E-state index in [-0.39, 0.29) is 0 Å². The fourth-order valence-electron chi connectivity index (χ4n) is 1.89. The van der Waals surface area contributed by atoms with Crippen LogP contribution < -0.4 is 5.32 Å². The van der Waals surface area contributed by atoms with E-state index in [4.69, 9.17) is 4.74 Å². The molecule has 0 bridgehead atoms. The number of nitrogens with one attached hydrogen (secondary N) is 1. The molecule has 3 nitrogen and oxygen atoms in total. The molecule has 2 unspecified atom stereocenters. The number of ether oxygens (including phenoxy) is 1. The van der Waals surface area contributed by atoms with Crippen LogP contribution in [0.2, 0.25) is 0 Å². The molecule has 0 saturated heterocycles. The molecule has 0 aliphatic heterocycles. The summed E-state index contributed by atoms with van der Waals surface area (Å²) in [5.74, 6) is 0.563.